The molecule has 1 heterocycles. The second-order valence-electron chi connectivity index (χ2n) is 3.78. The van der Waals surface area contributed by atoms with Gasteiger partial charge in [-0.3, -0.25) is 14.6 Å². The molecule has 0 saturated carbocycles. The standard InChI is InChI=1S/C11H13BrN2O3/c1-6(11(16)17)7(2)14-10(15)8-3-9(12)5-13-4-8/h3-7H,1-2H3,(H,14,15)(H,16,17). The Bertz CT molecular complexity index is 436. The minimum absolute atomic E-state index is 0.334. The van der Waals surface area contributed by atoms with E-state index in [2.05, 4.69) is 26.2 Å². The number of aromatic nitrogens is 1. The number of amides is 1. The lowest BCUT2D eigenvalue weighted by atomic mass is 10.0. The van der Waals surface area contributed by atoms with E-state index in [9.17, 15) is 9.59 Å². The zero-order valence-electron chi connectivity index (χ0n) is 9.48. The fourth-order valence-corrected chi connectivity index (χ4v) is 1.53. The minimum Gasteiger partial charge on any atom is -0.481 e. The van der Waals surface area contributed by atoms with Gasteiger partial charge < -0.3 is 10.4 Å². The summed E-state index contributed by atoms with van der Waals surface area (Å²) in [6.45, 7) is 3.20. The van der Waals surface area contributed by atoms with Crippen molar-refractivity contribution in [3.63, 3.8) is 0 Å². The lowest BCUT2D eigenvalue weighted by Gasteiger charge is -2.17. The van der Waals surface area contributed by atoms with Crippen LogP contribution in [0.4, 0.5) is 0 Å². The van der Waals surface area contributed by atoms with Crippen LogP contribution in [0.1, 0.15) is 24.2 Å². The first-order valence-electron chi connectivity index (χ1n) is 5.06. The molecule has 0 aromatic carbocycles. The van der Waals surface area contributed by atoms with Gasteiger partial charge in [-0.05, 0) is 35.8 Å². The van der Waals surface area contributed by atoms with E-state index in [0.717, 1.165) is 0 Å². The highest BCUT2D eigenvalue weighted by Gasteiger charge is 2.21. The van der Waals surface area contributed by atoms with Crippen molar-refractivity contribution >= 4 is 27.8 Å². The Balaban J connectivity index is 2.70. The monoisotopic (exact) mass is 300 g/mol. The lowest BCUT2D eigenvalue weighted by molar-refractivity contribution is -0.141. The number of halogens is 1. The minimum atomic E-state index is -0.940. The quantitative estimate of drug-likeness (QED) is 0.887. The van der Waals surface area contributed by atoms with E-state index >= 15 is 0 Å². The average molecular weight is 301 g/mol. The van der Waals surface area contributed by atoms with Crippen molar-refractivity contribution in [3.8, 4) is 0 Å². The topological polar surface area (TPSA) is 79.3 Å². The highest BCUT2D eigenvalue weighted by atomic mass is 79.9. The third-order valence-corrected chi connectivity index (χ3v) is 2.90. The van der Waals surface area contributed by atoms with E-state index in [4.69, 9.17) is 5.11 Å². The van der Waals surface area contributed by atoms with Gasteiger partial charge in [0.1, 0.15) is 0 Å². The van der Waals surface area contributed by atoms with Gasteiger partial charge in [0.15, 0.2) is 0 Å². The molecule has 0 fully saturated rings. The van der Waals surface area contributed by atoms with Gasteiger partial charge in [-0.2, -0.15) is 0 Å². The highest BCUT2D eigenvalue weighted by molar-refractivity contribution is 9.10. The molecular weight excluding hydrogens is 288 g/mol. The Labute approximate surface area is 107 Å². The molecule has 0 aliphatic rings. The van der Waals surface area contributed by atoms with E-state index in [1.54, 1.807) is 26.1 Å². The first-order valence-corrected chi connectivity index (χ1v) is 5.85. The molecule has 2 unspecified atom stereocenters. The summed E-state index contributed by atoms with van der Waals surface area (Å²) in [5.41, 5.74) is 0.392. The van der Waals surface area contributed by atoms with Gasteiger partial charge in [-0.25, -0.2) is 0 Å². The van der Waals surface area contributed by atoms with Crippen LogP contribution >= 0.6 is 15.9 Å². The van der Waals surface area contributed by atoms with Crippen LogP contribution in [0.2, 0.25) is 0 Å². The van der Waals surface area contributed by atoms with E-state index in [1.807, 2.05) is 0 Å². The maximum Gasteiger partial charge on any atom is 0.308 e. The average Bonchev–Trinajstić information content (AvgIpc) is 2.27. The fourth-order valence-electron chi connectivity index (χ4n) is 1.17. The van der Waals surface area contributed by atoms with Crippen molar-refractivity contribution in [3.05, 3.63) is 28.5 Å². The van der Waals surface area contributed by atoms with Crippen molar-refractivity contribution in [2.24, 2.45) is 5.92 Å². The number of hydrogen-bond acceptors (Lipinski definition) is 3. The number of rotatable bonds is 4. The lowest BCUT2D eigenvalue weighted by Crippen LogP contribution is -2.40. The first kappa shape index (κ1) is 13.6. The van der Waals surface area contributed by atoms with Crippen LogP contribution in [0, 0.1) is 5.92 Å². The number of carboxylic acids is 1. The molecule has 2 N–H and O–H groups in total. The van der Waals surface area contributed by atoms with Gasteiger partial charge in [0, 0.05) is 22.9 Å². The Morgan fingerprint density at radius 3 is 2.59 bits per heavy atom. The summed E-state index contributed by atoms with van der Waals surface area (Å²) >= 11 is 3.21. The Morgan fingerprint density at radius 1 is 1.41 bits per heavy atom. The van der Waals surface area contributed by atoms with Gasteiger partial charge in [0.2, 0.25) is 0 Å². The molecule has 0 aliphatic carbocycles. The summed E-state index contributed by atoms with van der Waals surface area (Å²) in [6, 6.07) is 1.18. The summed E-state index contributed by atoms with van der Waals surface area (Å²) in [5, 5.41) is 11.4. The second-order valence-corrected chi connectivity index (χ2v) is 4.70. The Morgan fingerprint density at radius 2 is 2.06 bits per heavy atom. The van der Waals surface area contributed by atoms with Crippen molar-refractivity contribution < 1.29 is 14.7 Å². The molecule has 5 nitrogen and oxygen atoms in total. The van der Waals surface area contributed by atoms with E-state index in [1.165, 1.54) is 6.20 Å². The van der Waals surface area contributed by atoms with Crippen molar-refractivity contribution in [2.45, 2.75) is 19.9 Å². The molecule has 0 saturated heterocycles. The third kappa shape index (κ3) is 3.81. The van der Waals surface area contributed by atoms with Gasteiger partial charge in [-0.15, -0.1) is 0 Å². The van der Waals surface area contributed by atoms with E-state index < -0.39 is 17.9 Å². The molecule has 1 aromatic rings. The number of carboxylic acid groups (broad SMARTS) is 1. The molecule has 2 atom stereocenters. The van der Waals surface area contributed by atoms with Gasteiger partial charge in [0.05, 0.1) is 11.5 Å². The van der Waals surface area contributed by atoms with Crippen LogP contribution in [-0.2, 0) is 4.79 Å². The smallest absolute Gasteiger partial charge is 0.308 e. The zero-order chi connectivity index (χ0) is 13.0. The molecule has 0 bridgehead atoms. The molecular formula is C11H13BrN2O3. The molecule has 1 amide bonds. The van der Waals surface area contributed by atoms with Crippen LogP contribution in [0.3, 0.4) is 0 Å². The third-order valence-electron chi connectivity index (χ3n) is 2.47. The van der Waals surface area contributed by atoms with Gasteiger partial charge >= 0.3 is 5.97 Å². The number of aliphatic carboxylic acids is 1. The molecule has 1 aromatic heterocycles. The van der Waals surface area contributed by atoms with Crippen LogP contribution in [-0.4, -0.2) is 28.0 Å². The van der Waals surface area contributed by atoms with Crippen molar-refractivity contribution in [1.82, 2.24) is 10.3 Å². The second kappa shape index (κ2) is 5.77. The Kier molecular flexibility index (Phi) is 4.62. The van der Waals surface area contributed by atoms with Crippen molar-refractivity contribution in [1.29, 1.82) is 0 Å². The number of pyridine rings is 1. The highest BCUT2D eigenvalue weighted by Crippen LogP contribution is 2.10. The van der Waals surface area contributed by atoms with Gasteiger partial charge in [0.25, 0.3) is 5.91 Å². The zero-order valence-corrected chi connectivity index (χ0v) is 11.1. The van der Waals surface area contributed by atoms with Crippen molar-refractivity contribution in [2.75, 3.05) is 0 Å². The van der Waals surface area contributed by atoms with Crippen LogP contribution in [0.5, 0.6) is 0 Å². The number of carbonyl (C=O) groups is 2. The summed E-state index contributed by atoms with van der Waals surface area (Å²) in [4.78, 5) is 26.4. The number of hydrogen-bond donors (Lipinski definition) is 2. The predicted octanol–water partition coefficient (Wildman–Crippen LogP) is 1.68. The molecule has 0 aliphatic heterocycles. The van der Waals surface area contributed by atoms with E-state index in [-0.39, 0.29) is 5.91 Å². The molecule has 1 rings (SSSR count). The summed E-state index contributed by atoms with van der Waals surface area (Å²) in [6.07, 6.45) is 3.00. The maximum atomic E-state index is 11.8. The molecule has 92 valence electrons. The molecule has 0 spiro atoms. The molecule has 6 heteroatoms. The summed E-state index contributed by atoms with van der Waals surface area (Å²) < 4.78 is 0.698. The fraction of sp³-hybridized carbons (Fsp3) is 0.364. The first-order chi connectivity index (χ1) is 7.91. The normalized spacial score (nSPS) is 13.8. The van der Waals surface area contributed by atoms with Crippen LogP contribution in [0.15, 0.2) is 22.9 Å². The largest absolute Gasteiger partial charge is 0.481 e. The number of nitrogens with one attached hydrogen (secondary N) is 1. The van der Waals surface area contributed by atoms with Crippen LogP contribution < -0.4 is 5.32 Å². The summed E-state index contributed by atoms with van der Waals surface area (Å²) in [7, 11) is 0. The predicted molar refractivity (Wildman–Crippen MR) is 65.7 cm³/mol. The SMILES string of the molecule is CC(NC(=O)c1cncc(Br)c1)C(C)C(=O)O. The summed E-state index contributed by atoms with van der Waals surface area (Å²) in [5.74, 6) is -1.91. The van der Waals surface area contributed by atoms with Gasteiger partial charge in [-0.1, -0.05) is 0 Å². The molecule has 17 heavy (non-hydrogen) atoms. The Hall–Kier alpha value is -1.43. The number of nitrogens with zero attached hydrogens (tertiary/aromatic N) is 1. The molecule has 0 radical (unpaired) electrons. The maximum absolute atomic E-state index is 11.8. The van der Waals surface area contributed by atoms with E-state index in [0.29, 0.717) is 10.0 Å². The van der Waals surface area contributed by atoms with Crippen LogP contribution in [0.25, 0.3) is 0 Å². The number of carbonyl (C=O) groups excluding carboxylic acids is 1.